The summed E-state index contributed by atoms with van der Waals surface area (Å²) in [6.45, 7) is 7.81. The zero-order valence-electron chi connectivity index (χ0n) is 11.3. The summed E-state index contributed by atoms with van der Waals surface area (Å²) < 4.78 is 2.06. The third-order valence-corrected chi connectivity index (χ3v) is 4.19. The maximum Gasteiger partial charge on any atom is 0.293 e. The molecule has 0 spiro atoms. The smallest absolute Gasteiger partial charge is 0.293 e. The van der Waals surface area contributed by atoms with Crippen LogP contribution in [0.1, 0.15) is 17.0 Å². The van der Waals surface area contributed by atoms with Gasteiger partial charge in [-0.3, -0.25) is 14.5 Å². The van der Waals surface area contributed by atoms with Crippen molar-refractivity contribution < 1.29 is 9.59 Å². The van der Waals surface area contributed by atoms with Gasteiger partial charge in [0.2, 0.25) is 0 Å². The van der Waals surface area contributed by atoms with Gasteiger partial charge in [-0.05, 0) is 43.3 Å². The highest BCUT2D eigenvalue weighted by atomic mass is 32.2. The van der Waals surface area contributed by atoms with Crippen LogP contribution in [0.15, 0.2) is 23.6 Å². The predicted molar refractivity (Wildman–Crippen MR) is 77.8 cm³/mol. The monoisotopic (exact) mass is 276 g/mol. The van der Waals surface area contributed by atoms with Gasteiger partial charge in [0.05, 0.1) is 4.91 Å². The van der Waals surface area contributed by atoms with Gasteiger partial charge in [0.25, 0.3) is 11.1 Å². The minimum absolute atomic E-state index is 0.235. The number of nitrogens with zero attached hydrogens (tertiary/aromatic N) is 2. The van der Waals surface area contributed by atoms with E-state index in [1.807, 2.05) is 27.0 Å². The second-order valence-corrected chi connectivity index (χ2v) is 5.46. The highest BCUT2D eigenvalue weighted by molar-refractivity contribution is 8.18. The van der Waals surface area contributed by atoms with Crippen LogP contribution in [0.4, 0.5) is 4.79 Å². The van der Waals surface area contributed by atoms with Gasteiger partial charge in [0, 0.05) is 25.0 Å². The summed E-state index contributed by atoms with van der Waals surface area (Å²) in [7, 11) is 1.98. The molecule has 1 aliphatic heterocycles. The molecule has 2 heterocycles. The number of rotatable bonds is 3. The van der Waals surface area contributed by atoms with E-state index in [2.05, 4.69) is 11.1 Å². The Morgan fingerprint density at radius 2 is 2.05 bits per heavy atom. The number of aryl methyl sites for hydroxylation is 1. The summed E-state index contributed by atoms with van der Waals surface area (Å²) >= 11 is 0.982. The first-order valence-corrected chi connectivity index (χ1v) is 6.76. The number of hydrogen-bond donors (Lipinski definition) is 0. The van der Waals surface area contributed by atoms with Gasteiger partial charge in [-0.1, -0.05) is 6.08 Å². The quantitative estimate of drug-likeness (QED) is 0.629. The van der Waals surface area contributed by atoms with Crippen molar-refractivity contribution in [3.63, 3.8) is 0 Å². The van der Waals surface area contributed by atoms with Crippen LogP contribution in [0.2, 0.25) is 0 Å². The standard InChI is InChI=1S/C14H16N2O2S/c1-5-6-16-13(17)12(19-14(16)18)8-11-7-9(2)15(4)10(11)3/h5,7-8H,1,6H2,2-4H3/b12-8+. The van der Waals surface area contributed by atoms with Gasteiger partial charge in [0.1, 0.15) is 0 Å². The van der Waals surface area contributed by atoms with Gasteiger partial charge in [-0.15, -0.1) is 6.58 Å². The van der Waals surface area contributed by atoms with Crippen molar-refractivity contribution in [2.24, 2.45) is 7.05 Å². The molecule has 1 aromatic rings. The Balaban J connectivity index is 2.35. The second-order valence-electron chi connectivity index (χ2n) is 4.47. The van der Waals surface area contributed by atoms with E-state index in [9.17, 15) is 9.59 Å². The van der Waals surface area contributed by atoms with Crippen LogP contribution < -0.4 is 0 Å². The van der Waals surface area contributed by atoms with Crippen molar-refractivity contribution in [1.29, 1.82) is 0 Å². The van der Waals surface area contributed by atoms with E-state index in [0.717, 1.165) is 28.7 Å². The van der Waals surface area contributed by atoms with Crippen LogP contribution in [-0.2, 0) is 11.8 Å². The Hall–Kier alpha value is -1.75. The third-order valence-electron chi connectivity index (χ3n) is 3.29. The number of thioether (sulfide) groups is 1. The van der Waals surface area contributed by atoms with Gasteiger partial charge in [-0.25, -0.2) is 0 Å². The lowest BCUT2D eigenvalue weighted by atomic mass is 10.2. The summed E-state index contributed by atoms with van der Waals surface area (Å²) in [5.41, 5.74) is 3.17. The van der Waals surface area contributed by atoms with Gasteiger partial charge in [0.15, 0.2) is 0 Å². The molecule has 1 fully saturated rings. The topological polar surface area (TPSA) is 42.3 Å². The van der Waals surface area contributed by atoms with Crippen LogP contribution in [0.5, 0.6) is 0 Å². The summed E-state index contributed by atoms with van der Waals surface area (Å²) in [6, 6.07) is 2.01. The maximum absolute atomic E-state index is 12.1. The first-order valence-electron chi connectivity index (χ1n) is 5.95. The maximum atomic E-state index is 12.1. The molecule has 0 radical (unpaired) electrons. The molecule has 1 saturated heterocycles. The number of amides is 2. The summed E-state index contributed by atoms with van der Waals surface area (Å²) in [6.07, 6.45) is 3.34. The Morgan fingerprint density at radius 3 is 2.58 bits per heavy atom. The minimum Gasteiger partial charge on any atom is -0.352 e. The van der Waals surface area contributed by atoms with Crippen molar-refractivity contribution in [3.05, 3.63) is 40.6 Å². The average Bonchev–Trinajstić information content (AvgIpc) is 2.76. The van der Waals surface area contributed by atoms with Gasteiger partial charge >= 0.3 is 0 Å². The molecule has 2 amide bonds. The van der Waals surface area contributed by atoms with Gasteiger partial charge < -0.3 is 4.57 Å². The lowest BCUT2D eigenvalue weighted by molar-refractivity contribution is -0.122. The Labute approximate surface area is 116 Å². The van der Waals surface area contributed by atoms with E-state index >= 15 is 0 Å². The van der Waals surface area contributed by atoms with Crippen LogP contribution in [-0.4, -0.2) is 27.2 Å². The normalized spacial score (nSPS) is 17.6. The lowest BCUT2D eigenvalue weighted by Gasteiger charge is -2.07. The van der Waals surface area contributed by atoms with E-state index in [-0.39, 0.29) is 17.7 Å². The zero-order chi connectivity index (χ0) is 14.2. The van der Waals surface area contributed by atoms with E-state index < -0.39 is 0 Å². The molecule has 0 N–H and O–H groups in total. The fraction of sp³-hybridized carbons (Fsp3) is 0.286. The molecule has 19 heavy (non-hydrogen) atoms. The molecule has 0 aromatic carbocycles. The fourth-order valence-corrected chi connectivity index (χ4v) is 2.80. The van der Waals surface area contributed by atoms with Crippen LogP contribution in [0.25, 0.3) is 6.08 Å². The van der Waals surface area contributed by atoms with E-state index in [4.69, 9.17) is 0 Å². The van der Waals surface area contributed by atoms with E-state index in [0.29, 0.717) is 4.91 Å². The lowest BCUT2D eigenvalue weighted by Crippen LogP contribution is -2.27. The summed E-state index contributed by atoms with van der Waals surface area (Å²) in [4.78, 5) is 25.5. The van der Waals surface area contributed by atoms with Crippen molar-refractivity contribution in [2.75, 3.05) is 6.54 Å². The molecule has 2 rings (SSSR count). The summed E-state index contributed by atoms with van der Waals surface area (Å²) in [5, 5.41) is -0.235. The number of aromatic nitrogens is 1. The molecule has 5 heteroatoms. The van der Waals surface area contributed by atoms with Crippen molar-refractivity contribution in [2.45, 2.75) is 13.8 Å². The Bertz CT molecular complexity index is 599. The molecule has 1 aliphatic rings. The number of imide groups is 1. The zero-order valence-corrected chi connectivity index (χ0v) is 12.1. The predicted octanol–water partition coefficient (Wildman–Crippen LogP) is 2.86. The van der Waals surface area contributed by atoms with E-state index in [1.165, 1.54) is 4.90 Å². The number of carbonyl (C=O) groups excluding carboxylic acids is 2. The van der Waals surface area contributed by atoms with Crippen LogP contribution in [0, 0.1) is 13.8 Å². The van der Waals surface area contributed by atoms with Crippen LogP contribution >= 0.6 is 11.8 Å². The number of carbonyl (C=O) groups is 2. The highest BCUT2D eigenvalue weighted by Crippen LogP contribution is 2.32. The Kier molecular flexibility index (Phi) is 3.66. The largest absolute Gasteiger partial charge is 0.352 e. The van der Waals surface area contributed by atoms with E-state index in [1.54, 1.807) is 12.2 Å². The summed E-state index contributed by atoms with van der Waals surface area (Å²) in [5.74, 6) is -0.240. The molecular formula is C14H16N2O2S. The first-order chi connectivity index (χ1) is 8.95. The minimum atomic E-state index is -0.240. The average molecular weight is 276 g/mol. The molecule has 1 aromatic heterocycles. The van der Waals surface area contributed by atoms with Crippen molar-refractivity contribution in [1.82, 2.24) is 9.47 Å². The molecule has 4 nitrogen and oxygen atoms in total. The molecule has 0 saturated carbocycles. The fourth-order valence-electron chi connectivity index (χ4n) is 1.96. The molecule has 100 valence electrons. The van der Waals surface area contributed by atoms with Gasteiger partial charge in [-0.2, -0.15) is 0 Å². The molecule has 0 atom stereocenters. The molecular weight excluding hydrogens is 260 g/mol. The SMILES string of the molecule is C=CCN1C(=O)S/C(=C/c2cc(C)n(C)c2C)C1=O. The molecule has 0 unspecified atom stereocenters. The third kappa shape index (κ3) is 2.38. The second kappa shape index (κ2) is 5.09. The van der Waals surface area contributed by atoms with Crippen molar-refractivity contribution >= 4 is 29.0 Å². The van der Waals surface area contributed by atoms with Crippen LogP contribution in [0.3, 0.4) is 0 Å². The number of hydrogen-bond acceptors (Lipinski definition) is 3. The molecule has 0 aliphatic carbocycles. The molecule has 0 bridgehead atoms. The Morgan fingerprint density at radius 1 is 1.37 bits per heavy atom. The van der Waals surface area contributed by atoms with Crippen molar-refractivity contribution in [3.8, 4) is 0 Å². The first kappa shape index (κ1) is 13.7. The highest BCUT2D eigenvalue weighted by Gasteiger charge is 2.34.